The lowest BCUT2D eigenvalue weighted by molar-refractivity contribution is -0.384. The molecule has 1 heterocycles. The number of hydrogen-bond acceptors (Lipinski definition) is 5. The third-order valence-electron chi connectivity index (χ3n) is 3.07. The van der Waals surface area contributed by atoms with Gasteiger partial charge in [0.15, 0.2) is 0 Å². The van der Waals surface area contributed by atoms with Crippen molar-refractivity contribution in [1.82, 2.24) is 0 Å². The predicted octanol–water partition coefficient (Wildman–Crippen LogP) is 2.24. The maximum absolute atomic E-state index is 11.3. The molecule has 0 radical (unpaired) electrons. The van der Waals surface area contributed by atoms with Crippen molar-refractivity contribution in [1.29, 1.82) is 0 Å². The first kappa shape index (κ1) is 14.1. The van der Waals surface area contributed by atoms with E-state index in [0.717, 1.165) is 0 Å². The Morgan fingerprint density at radius 3 is 2.47 bits per heavy atom. The molecule has 1 fully saturated rings. The Hall–Kier alpha value is -1.34. The molecule has 0 atom stereocenters. The molecule has 1 saturated heterocycles. The normalized spacial score (nSPS) is 19.0. The summed E-state index contributed by atoms with van der Waals surface area (Å²) in [6.07, 6.45) is 1.08. The Labute approximate surface area is 115 Å². The van der Waals surface area contributed by atoms with Crippen molar-refractivity contribution in [3.8, 4) is 0 Å². The molecule has 2 rings (SSSR count). The molecule has 0 aliphatic carbocycles. The zero-order valence-corrected chi connectivity index (χ0v) is 11.6. The minimum Gasteiger partial charge on any atom is -0.382 e. The van der Waals surface area contributed by atoms with E-state index < -0.39 is 14.8 Å². The van der Waals surface area contributed by atoms with Crippen LogP contribution in [-0.4, -0.2) is 30.9 Å². The zero-order valence-electron chi connectivity index (χ0n) is 10.0. The van der Waals surface area contributed by atoms with Crippen molar-refractivity contribution in [2.24, 2.45) is 0 Å². The Balaban J connectivity index is 2.04. The average molecular weight is 305 g/mol. The van der Waals surface area contributed by atoms with E-state index >= 15 is 0 Å². The zero-order chi connectivity index (χ0) is 14.0. The third-order valence-corrected chi connectivity index (χ3v) is 5.09. The maximum Gasteiger partial charge on any atom is 0.288 e. The number of halogens is 1. The Morgan fingerprint density at radius 1 is 1.32 bits per heavy atom. The first-order chi connectivity index (χ1) is 8.87. The van der Waals surface area contributed by atoms with Gasteiger partial charge in [0.2, 0.25) is 0 Å². The molecule has 0 aromatic heterocycles. The summed E-state index contributed by atoms with van der Waals surface area (Å²) in [7, 11) is -2.89. The van der Waals surface area contributed by atoms with Crippen LogP contribution in [0.15, 0.2) is 18.2 Å². The van der Waals surface area contributed by atoms with Gasteiger partial charge in [-0.1, -0.05) is 11.6 Å². The fourth-order valence-corrected chi connectivity index (χ4v) is 3.76. The summed E-state index contributed by atoms with van der Waals surface area (Å²) in [4.78, 5) is 10.1. The minimum atomic E-state index is -2.89. The van der Waals surface area contributed by atoms with E-state index in [2.05, 4.69) is 5.32 Å². The van der Waals surface area contributed by atoms with E-state index in [-0.39, 0.29) is 28.3 Å². The summed E-state index contributed by atoms with van der Waals surface area (Å²) < 4.78 is 22.6. The van der Waals surface area contributed by atoms with E-state index in [1.165, 1.54) is 12.1 Å². The quantitative estimate of drug-likeness (QED) is 0.683. The van der Waals surface area contributed by atoms with Gasteiger partial charge in [-0.2, -0.15) is 0 Å². The highest BCUT2D eigenvalue weighted by Crippen LogP contribution is 2.28. The molecule has 1 aromatic carbocycles. The number of sulfone groups is 1. The fourth-order valence-electron chi connectivity index (χ4n) is 2.01. The summed E-state index contributed by atoms with van der Waals surface area (Å²) >= 11 is 5.81. The highest BCUT2D eigenvalue weighted by Gasteiger charge is 2.23. The van der Waals surface area contributed by atoms with Crippen molar-refractivity contribution < 1.29 is 13.3 Å². The van der Waals surface area contributed by atoms with Crippen LogP contribution in [0.25, 0.3) is 0 Å². The summed E-state index contributed by atoms with van der Waals surface area (Å²) in [5.41, 5.74) is 0.526. The molecule has 0 amide bonds. The number of nitrogens with one attached hydrogen (secondary N) is 1. The molecule has 8 heteroatoms. The largest absolute Gasteiger partial charge is 0.382 e. The summed E-state index contributed by atoms with van der Waals surface area (Å²) in [6, 6.07) is 4.46. The van der Waals surface area contributed by atoms with Crippen LogP contribution >= 0.6 is 11.6 Å². The molecule has 1 aliphatic heterocycles. The SMILES string of the molecule is O=[N+]([O-])c1ccc(NC2CCS(=O)(=O)CC2)cc1Cl. The van der Waals surface area contributed by atoms with Crippen molar-refractivity contribution in [3.63, 3.8) is 0 Å². The minimum absolute atomic E-state index is 0.0565. The smallest absolute Gasteiger partial charge is 0.288 e. The van der Waals surface area contributed by atoms with Gasteiger partial charge < -0.3 is 5.32 Å². The molecule has 0 spiro atoms. The first-order valence-corrected chi connectivity index (χ1v) is 7.98. The van der Waals surface area contributed by atoms with E-state index in [0.29, 0.717) is 18.5 Å². The number of nitro groups is 1. The monoisotopic (exact) mass is 304 g/mol. The van der Waals surface area contributed by atoms with Crippen molar-refractivity contribution >= 4 is 32.8 Å². The number of benzene rings is 1. The van der Waals surface area contributed by atoms with E-state index in [9.17, 15) is 18.5 Å². The van der Waals surface area contributed by atoms with Crippen LogP contribution in [-0.2, 0) is 9.84 Å². The molecule has 6 nitrogen and oxygen atoms in total. The van der Waals surface area contributed by atoms with Gasteiger partial charge in [0.05, 0.1) is 16.4 Å². The molecule has 0 unspecified atom stereocenters. The van der Waals surface area contributed by atoms with Crippen molar-refractivity contribution in [3.05, 3.63) is 33.3 Å². The first-order valence-electron chi connectivity index (χ1n) is 5.78. The van der Waals surface area contributed by atoms with Crippen molar-refractivity contribution in [2.45, 2.75) is 18.9 Å². The molecular formula is C11H13ClN2O4S. The molecule has 1 aliphatic rings. The van der Waals surface area contributed by atoms with Gasteiger partial charge in [0.25, 0.3) is 5.69 Å². The lowest BCUT2D eigenvalue weighted by Crippen LogP contribution is -2.32. The van der Waals surface area contributed by atoms with Crippen LogP contribution in [0.5, 0.6) is 0 Å². The van der Waals surface area contributed by atoms with Crippen LogP contribution in [0.4, 0.5) is 11.4 Å². The van der Waals surface area contributed by atoms with Crippen LogP contribution in [0.2, 0.25) is 5.02 Å². The fraction of sp³-hybridized carbons (Fsp3) is 0.455. The number of anilines is 1. The average Bonchev–Trinajstić information content (AvgIpc) is 2.31. The summed E-state index contributed by atoms with van der Waals surface area (Å²) in [5, 5.41) is 13.9. The standard InChI is InChI=1S/C11H13ClN2O4S/c12-10-7-9(1-2-11(10)14(15)16)13-8-3-5-19(17,18)6-4-8/h1-2,7-8,13H,3-6H2. The van der Waals surface area contributed by atoms with Gasteiger partial charge in [-0.25, -0.2) is 8.42 Å². The van der Waals surface area contributed by atoms with Gasteiger partial charge in [0, 0.05) is 17.8 Å². The Kier molecular flexibility index (Phi) is 3.96. The predicted molar refractivity (Wildman–Crippen MR) is 73.4 cm³/mol. The van der Waals surface area contributed by atoms with Crippen LogP contribution in [0, 0.1) is 10.1 Å². The van der Waals surface area contributed by atoms with E-state index in [4.69, 9.17) is 11.6 Å². The van der Waals surface area contributed by atoms with Crippen LogP contribution < -0.4 is 5.32 Å². The second-order valence-electron chi connectivity index (χ2n) is 4.49. The summed E-state index contributed by atoms with van der Waals surface area (Å²) in [6.45, 7) is 0. The molecular weight excluding hydrogens is 292 g/mol. The summed E-state index contributed by atoms with van der Waals surface area (Å²) in [5.74, 6) is 0.344. The number of rotatable bonds is 3. The molecule has 1 aromatic rings. The molecule has 0 saturated carbocycles. The maximum atomic E-state index is 11.3. The lowest BCUT2D eigenvalue weighted by Gasteiger charge is -2.24. The Morgan fingerprint density at radius 2 is 1.95 bits per heavy atom. The number of nitro benzene ring substituents is 1. The van der Waals surface area contributed by atoms with E-state index in [1.807, 2.05) is 0 Å². The highest BCUT2D eigenvalue weighted by molar-refractivity contribution is 7.91. The van der Waals surface area contributed by atoms with Gasteiger partial charge in [-0.15, -0.1) is 0 Å². The second kappa shape index (κ2) is 5.34. The van der Waals surface area contributed by atoms with Crippen LogP contribution in [0.1, 0.15) is 12.8 Å². The van der Waals surface area contributed by atoms with Gasteiger partial charge >= 0.3 is 0 Å². The number of nitrogens with zero attached hydrogens (tertiary/aromatic N) is 1. The second-order valence-corrected chi connectivity index (χ2v) is 7.20. The van der Waals surface area contributed by atoms with Crippen molar-refractivity contribution in [2.75, 3.05) is 16.8 Å². The lowest BCUT2D eigenvalue weighted by atomic mass is 10.1. The molecule has 19 heavy (non-hydrogen) atoms. The van der Waals surface area contributed by atoms with Gasteiger partial charge in [-0.3, -0.25) is 10.1 Å². The topological polar surface area (TPSA) is 89.3 Å². The van der Waals surface area contributed by atoms with Gasteiger partial charge in [-0.05, 0) is 25.0 Å². The molecule has 104 valence electrons. The van der Waals surface area contributed by atoms with E-state index in [1.54, 1.807) is 6.07 Å². The number of hydrogen-bond donors (Lipinski definition) is 1. The highest BCUT2D eigenvalue weighted by atomic mass is 35.5. The van der Waals surface area contributed by atoms with Crippen LogP contribution in [0.3, 0.4) is 0 Å². The molecule has 0 bridgehead atoms. The Bertz CT molecular complexity index is 589. The molecule has 1 N–H and O–H groups in total. The third kappa shape index (κ3) is 3.57. The van der Waals surface area contributed by atoms with Gasteiger partial charge in [0.1, 0.15) is 14.9 Å².